The van der Waals surface area contributed by atoms with E-state index in [0.29, 0.717) is 18.0 Å². The van der Waals surface area contributed by atoms with Crippen molar-refractivity contribution in [3.8, 4) is 11.1 Å². The molecule has 0 saturated carbocycles. The molecule has 0 saturated heterocycles. The highest BCUT2D eigenvalue weighted by molar-refractivity contribution is 7.17. The van der Waals surface area contributed by atoms with Crippen LogP contribution >= 0.6 is 22.7 Å². The van der Waals surface area contributed by atoms with Crippen molar-refractivity contribution in [2.75, 3.05) is 6.54 Å². The third kappa shape index (κ3) is 2.94. The number of nitrogens with zero attached hydrogens (tertiary/aromatic N) is 2. The summed E-state index contributed by atoms with van der Waals surface area (Å²) in [6.07, 6.45) is 1.07. The molecule has 1 aliphatic rings. The van der Waals surface area contributed by atoms with Crippen LogP contribution in [0.4, 0.5) is 0 Å². The molecule has 1 aliphatic heterocycles. The molecular formula is C21H19N3OS2. The maximum atomic E-state index is 12.8. The smallest absolute Gasteiger partial charge is 0.260 e. The Morgan fingerprint density at radius 1 is 1.22 bits per heavy atom. The molecule has 1 N–H and O–H groups in total. The number of benzene rings is 1. The number of nitrogens with one attached hydrogen (secondary N) is 1. The van der Waals surface area contributed by atoms with Gasteiger partial charge in [-0.1, -0.05) is 30.3 Å². The Bertz CT molecular complexity index is 1160. The van der Waals surface area contributed by atoms with Crippen LogP contribution in [-0.2, 0) is 13.0 Å². The summed E-state index contributed by atoms with van der Waals surface area (Å²) in [6, 6.07) is 12.6. The van der Waals surface area contributed by atoms with E-state index in [4.69, 9.17) is 4.98 Å². The van der Waals surface area contributed by atoms with Crippen molar-refractivity contribution in [3.05, 3.63) is 73.8 Å². The van der Waals surface area contributed by atoms with E-state index in [2.05, 4.69) is 28.3 Å². The lowest BCUT2D eigenvalue weighted by Gasteiger charge is -2.33. The van der Waals surface area contributed by atoms with Crippen LogP contribution in [0.25, 0.3) is 21.3 Å². The minimum Gasteiger partial charge on any atom is -0.309 e. The van der Waals surface area contributed by atoms with Crippen LogP contribution < -0.4 is 5.56 Å². The van der Waals surface area contributed by atoms with Crippen molar-refractivity contribution in [2.24, 2.45) is 0 Å². The largest absolute Gasteiger partial charge is 0.309 e. The third-order valence-corrected chi connectivity index (χ3v) is 7.20. The number of aromatic amines is 1. The highest BCUT2D eigenvalue weighted by Crippen LogP contribution is 2.34. The minimum absolute atomic E-state index is 0.0454. The summed E-state index contributed by atoms with van der Waals surface area (Å²) in [4.78, 5) is 25.3. The van der Waals surface area contributed by atoms with Crippen molar-refractivity contribution >= 4 is 32.9 Å². The molecule has 1 atom stereocenters. The zero-order valence-electron chi connectivity index (χ0n) is 14.9. The van der Waals surface area contributed by atoms with Crippen molar-refractivity contribution < 1.29 is 0 Å². The van der Waals surface area contributed by atoms with Gasteiger partial charge >= 0.3 is 0 Å². The van der Waals surface area contributed by atoms with Crippen LogP contribution in [0.2, 0.25) is 0 Å². The van der Waals surface area contributed by atoms with Gasteiger partial charge in [0.15, 0.2) is 0 Å². The highest BCUT2D eigenvalue weighted by Gasteiger charge is 2.25. The van der Waals surface area contributed by atoms with Crippen LogP contribution in [0.1, 0.15) is 29.2 Å². The second-order valence-electron chi connectivity index (χ2n) is 6.90. The Kier molecular flexibility index (Phi) is 4.19. The third-order valence-electron chi connectivity index (χ3n) is 5.33. The zero-order chi connectivity index (χ0) is 18.4. The standard InChI is InChI=1S/C21H19N3OS2/c1-13-15-8-10-26-17(15)7-9-24(13)11-18-22-20(25)19-16(12-27-21(19)23-18)14-5-3-2-4-6-14/h2-6,8,10,12-13H,7,9,11H2,1H3,(H,22,23,25). The van der Waals surface area contributed by atoms with Gasteiger partial charge in [-0.05, 0) is 35.9 Å². The van der Waals surface area contributed by atoms with Gasteiger partial charge in [-0.25, -0.2) is 4.98 Å². The molecule has 0 spiro atoms. The molecule has 4 heterocycles. The van der Waals surface area contributed by atoms with Gasteiger partial charge in [0.25, 0.3) is 5.56 Å². The SMILES string of the molecule is CC1c2ccsc2CCN1Cc1nc2scc(-c3ccccc3)c2c(=O)[nH]1. The van der Waals surface area contributed by atoms with E-state index in [1.54, 1.807) is 11.3 Å². The molecule has 5 rings (SSSR count). The summed E-state index contributed by atoms with van der Waals surface area (Å²) >= 11 is 3.39. The zero-order valence-corrected chi connectivity index (χ0v) is 16.6. The fourth-order valence-electron chi connectivity index (χ4n) is 3.87. The second kappa shape index (κ2) is 6.71. The van der Waals surface area contributed by atoms with Crippen molar-refractivity contribution in [1.82, 2.24) is 14.9 Å². The lowest BCUT2D eigenvalue weighted by Crippen LogP contribution is -2.33. The van der Waals surface area contributed by atoms with Crippen LogP contribution in [0.15, 0.2) is 52.0 Å². The normalized spacial score (nSPS) is 17.3. The van der Waals surface area contributed by atoms with Gasteiger partial charge < -0.3 is 4.98 Å². The van der Waals surface area contributed by atoms with E-state index in [1.807, 2.05) is 47.0 Å². The summed E-state index contributed by atoms with van der Waals surface area (Å²) in [6.45, 7) is 3.90. The first-order valence-corrected chi connectivity index (χ1v) is 10.8. The summed E-state index contributed by atoms with van der Waals surface area (Å²) < 4.78 is 0. The Morgan fingerprint density at radius 2 is 2.07 bits per heavy atom. The first kappa shape index (κ1) is 16.9. The molecule has 0 radical (unpaired) electrons. The molecule has 4 aromatic rings. The van der Waals surface area contributed by atoms with E-state index < -0.39 is 0 Å². The number of rotatable bonds is 3. The van der Waals surface area contributed by atoms with Gasteiger partial charge in [-0.3, -0.25) is 9.69 Å². The molecule has 3 aromatic heterocycles. The molecule has 0 aliphatic carbocycles. The monoisotopic (exact) mass is 393 g/mol. The van der Waals surface area contributed by atoms with Crippen molar-refractivity contribution in [1.29, 1.82) is 0 Å². The molecule has 27 heavy (non-hydrogen) atoms. The first-order valence-electron chi connectivity index (χ1n) is 9.07. The van der Waals surface area contributed by atoms with E-state index in [-0.39, 0.29) is 5.56 Å². The van der Waals surface area contributed by atoms with Gasteiger partial charge in [-0.2, -0.15) is 0 Å². The summed E-state index contributed by atoms with van der Waals surface area (Å²) in [5.74, 6) is 0.750. The van der Waals surface area contributed by atoms with Crippen molar-refractivity contribution in [3.63, 3.8) is 0 Å². The topological polar surface area (TPSA) is 49.0 Å². The predicted molar refractivity (Wildman–Crippen MR) is 113 cm³/mol. The van der Waals surface area contributed by atoms with Gasteiger partial charge in [0.05, 0.1) is 11.9 Å². The number of aromatic nitrogens is 2. The number of fused-ring (bicyclic) bond motifs is 2. The number of thiophene rings is 2. The lowest BCUT2D eigenvalue weighted by atomic mass is 10.0. The molecule has 0 fully saturated rings. The quantitative estimate of drug-likeness (QED) is 0.542. The van der Waals surface area contributed by atoms with Crippen LogP contribution in [-0.4, -0.2) is 21.4 Å². The van der Waals surface area contributed by atoms with E-state index in [0.717, 1.165) is 34.7 Å². The Balaban J connectivity index is 1.48. The average molecular weight is 394 g/mol. The van der Waals surface area contributed by atoms with E-state index in [9.17, 15) is 4.79 Å². The molecule has 1 aromatic carbocycles. The van der Waals surface area contributed by atoms with Crippen LogP contribution in [0.5, 0.6) is 0 Å². The summed E-state index contributed by atoms with van der Waals surface area (Å²) in [7, 11) is 0. The summed E-state index contributed by atoms with van der Waals surface area (Å²) in [5, 5.41) is 4.91. The molecule has 6 heteroatoms. The van der Waals surface area contributed by atoms with E-state index >= 15 is 0 Å². The van der Waals surface area contributed by atoms with Crippen molar-refractivity contribution in [2.45, 2.75) is 25.9 Å². The molecular weight excluding hydrogens is 374 g/mol. The molecule has 0 amide bonds. The Hall–Kier alpha value is -2.28. The fraction of sp³-hybridized carbons (Fsp3) is 0.238. The van der Waals surface area contributed by atoms with Gasteiger partial charge in [0.1, 0.15) is 10.7 Å². The molecule has 4 nitrogen and oxygen atoms in total. The number of H-pyrrole nitrogens is 1. The fourth-order valence-corrected chi connectivity index (χ4v) is 5.80. The maximum absolute atomic E-state index is 12.8. The van der Waals surface area contributed by atoms with Crippen LogP contribution in [0, 0.1) is 0 Å². The predicted octanol–water partition coefficient (Wildman–Crippen LogP) is 4.83. The Morgan fingerprint density at radius 3 is 2.93 bits per heavy atom. The summed E-state index contributed by atoms with van der Waals surface area (Å²) in [5.41, 5.74) is 3.39. The molecule has 0 bridgehead atoms. The van der Waals surface area contributed by atoms with Gasteiger partial charge in [0.2, 0.25) is 0 Å². The Labute approximate surface area is 165 Å². The molecule has 1 unspecified atom stereocenters. The average Bonchev–Trinajstić information content (AvgIpc) is 3.32. The van der Waals surface area contributed by atoms with Gasteiger partial charge in [-0.15, -0.1) is 22.7 Å². The second-order valence-corrected chi connectivity index (χ2v) is 8.76. The lowest BCUT2D eigenvalue weighted by molar-refractivity contribution is 0.186. The van der Waals surface area contributed by atoms with Gasteiger partial charge in [0, 0.05) is 28.4 Å². The highest BCUT2D eigenvalue weighted by atomic mass is 32.1. The number of hydrogen-bond donors (Lipinski definition) is 1. The minimum atomic E-state index is -0.0454. The molecule has 136 valence electrons. The first-order chi connectivity index (χ1) is 13.2. The number of hydrogen-bond acceptors (Lipinski definition) is 5. The van der Waals surface area contributed by atoms with E-state index in [1.165, 1.54) is 10.4 Å². The maximum Gasteiger partial charge on any atom is 0.260 e. The van der Waals surface area contributed by atoms with Crippen LogP contribution in [0.3, 0.4) is 0 Å².